The lowest BCUT2D eigenvalue weighted by molar-refractivity contribution is -0.131. The van der Waals surface area contributed by atoms with Crippen LogP contribution in [0.25, 0.3) is 0 Å². The Kier molecular flexibility index (Phi) is 5.59. The molecule has 3 amide bonds. The minimum absolute atomic E-state index is 0.0712. The van der Waals surface area contributed by atoms with Crippen molar-refractivity contribution in [2.24, 2.45) is 0 Å². The van der Waals surface area contributed by atoms with Gasteiger partial charge in [-0.2, -0.15) is 0 Å². The fourth-order valence-electron chi connectivity index (χ4n) is 5.24. The van der Waals surface area contributed by atoms with Crippen molar-refractivity contribution < 1.29 is 14.0 Å². The van der Waals surface area contributed by atoms with E-state index in [1.54, 1.807) is 0 Å². The van der Waals surface area contributed by atoms with Gasteiger partial charge in [0, 0.05) is 44.8 Å². The molecule has 0 aromatic heterocycles. The van der Waals surface area contributed by atoms with Crippen molar-refractivity contribution in [3.05, 3.63) is 65.5 Å². The van der Waals surface area contributed by atoms with Gasteiger partial charge < -0.3 is 10.2 Å². The number of piperazine rings is 1. The smallest absolute Gasteiger partial charge is 0.325 e. The average Bonchev–Trinajstić information content (AvgIpc) is 3.03. The lowest BCUT2D eigenvalue weighted by atomic mass is 9.78. The van der Waals surface area contributed by atoms with Gasteiger partial charge in [-0.1, -0.05) is 24.3 Å². The highest BCUT2D eigenvalue weighted by Crippen LogP contribution is 2.33. The lowest BCUT2D eigenvalue weighted by Crippen LogP contribution is -2.51. The first kappa shape index (κ1) is 20.9. The monoisotopic (exact) mass is 436 g/mol. The van der Waals surface area contributed by atoms with Crippen LogP contribution in [0.1, 0.15) is 24.0 Å². The molecule has 1 atom stereocenters. The zero-order valence-electron chi connectivity index (χ0n) is 18.2. The van der Waals surface area contributed by atoms with E-state index in [1.807, 2.05) is 24.3 Å². The van der Waals surface area contributed by atoms with Crippen LogP contribution < -0.4 is 10.2 Å². The molecule has 1 aliphatic carbocycles. The quantitative estimate of drug-likeness (QED) is 0.733. The maximum Gasteiger partial charge on any atom is 0.325 e. The first-order valence-electron chi connectivity index (χ1n) is 11.5. The molecule has 2 fully saturated rings. The predicted octanol–water partition coefficient (Wildman–Crippen LogP) is 2.82. The van der Waals surface area contributed by atoms with E-state index in [0.29, 0.717) is 19.4 Å². The molecule has 2 aliphatic heterocycles. The highest BCUT2D eigenvalue weighted by atomic mass is 19.1. The van der Waals surface area contributed by atoms with Crippen LogP contribution in [0.3, 0.4) is 0 Å². The molecule has 5 rings (SSSR count). The first-order valence-corrected chi connectivity index (χ1v) is 11.5. The van der Waals surface area contributed by atoms with E-state index in [-0.39, 0.29) is 17.8 Å². The Morgan fingerprint density at radius 1 is 0.906 bits per heavy atom. The van der Waals surface area contributed by atoms with Crippen LogP contribution in [-0.2, 0) is 17.6 Å². The molecule has 32 heavy (non-hydrogen) atoms. The summed E-state index contributed by atoms with van der Waals surface area (Å²) in [7, 11) is 0. The predicted molar refractivity (Wildman–Crippen MR) is 121 cm³/mol. The van der Waals surface area contributed by atoms with Gasteiger partial charge in [-0.25, -0.2) is 9.18 Å². The average molecular weight is 437 g/mol. The molecule has 3 aliphatic rings. The number of urea groups is 1. The van der Waals surface area contributed by atoms with Crippen LogP contribution in [0.2, 0.25) is 0 Å². The topological polar surface area (TPSA) is 55.9 Å². The number of rotatable bonds is 5. The normalized spacial score (nSPS) is 23.5. The maximum atomic E-state index is 13.2. The summed E-state index contributed by atoms with van der Waals surface area (Å²) in [6.45, 7) is 4.90. The van der Waals surface area contributed by atoms with Gasteiger partial charge >= 0.3 is 6.03 Å². The molecular formula is C25H29FN4O2. The van der Waals surface area contributed by atoms with Crippen molar-refractivity contribution in [1.29, 1.82) is 0 Å². The fraction of sp³-hybridized carbons (Fsp3) is 0.440. The van der Waals surface area contributed by atoms with E-state index in [0.717, 1.165) is 56.8 Å². The van der Waals surface area contributed by atoms with E-state index >= 15 is 0 Å². The molecular weight excluding hydrogens is 407 g/mol. The third-order valence-electron chi connectivity index (χ3n) is 7.10. The highest BCUT2D eigenvalue weighted by molar-refractivity contribution is 6.07. The van der Waals surface area contributed by atoms with Crippen LogP contribution in [-0.4, -0.2) is 66.5 Å². The van der Waals surface area contributed by atoms with E-state index in [4.69, 9.17) is 0 Å². The summed E-state index contributed by atoms with van der Waals surface area (Å²) in [4.78, 5) is 31.9. The number of nitrogens with one attached hydrogen (secondary N) is 1. The second-order valence-electron chi connectivity index (χ2n) is 9.07. The molecule has 0 bridgehead atoms. The largest absolute Gasteiger partial charge is 0.369 e. The van der Waals surface area contributed by atoms with Gasteiger partial charge in [-0.15, -0.1) is 0 Å². The number of fused-ring (bicyclic) bond motifs is 1. The minimum atomic E-state index is -0.772. The van der Waals surface area contributed by atoms with Gasteiger partial charge in [0.05, 0.1) is 0 Å². The fourth-order valence-corrected chi connectivity index (χ4v) is 5.24. The second kappa shape index (κ2) is 8.54. The summed E-state index contributed by atoms with van der Waals surface area (Å²) in [6.07, 6.45) is 2.82. The number of hydrogen-bond donors (Lipinski definition) is 1. The molecule has 2 heterocycles. The number of anilines is 1. The Hall–Kier alpha value is -2.93. The van der Waals surface area contributed by atoms with Gasteiger partial charge in [0.15, 0.2) is 0 Å². The number of aryl methyl sites for hydroxylation is 1. The summed E-state index contributed by atoms with van der Waals surface area (Å²) in [5, 5.41) is 3.02. The molecule has 0 radical (unpaired) electrons. The molecule has 168 valence electrons. The third kappa shape index (κ3) is 3.97. The molecule has 1 spiro atoms. The van der Waals surface area contributed by atoms with Gasteiger partial charge in [0.1, 0.15) is 11.4 Å². The van der Waals surface area contributed by atoms with Crippen molar-refractivity contribution in [2.75, 3.05) is 44.2 Å². The van der Waals surface area contributed by atoms with Gasteiger partial charge in [0.2, 0.25) is 0 Å². The number of nitrogens with zero attached hydrogens (tertiary/aromatic N) is 3. The lowest BCUT2D eigenvalue weighted by Gasteiger charge is -2.36. The minimum Gasteiger partial charge on any atom is -0.369 e. The first-order chi connectivity index (χ1) is 15.5. The van der Waals surface area contributed by atoms with Crippen LogP contribution in [0.4, 0.5) is 14.9 Å². The van der Waals surface area contributed by atoms with E-state index in [1.165, 1.54) is 22.6 Å². The summed E-state index contributed by atoms with van der Waals surface area (Å²) >= 11 is 0. The van der Waals surface area contributed by atoms with E-state index in [9.17, 15) is 14.0 Å². The SMILES string of the molecule is O=C1NC2(CCc3ccccc3C2)C(=O)N1CCCN1CCN(c2ccc(F)cc2)CC1. The zero-order chi connectivity index (χ0) is 22.1. The van der Waals surface area contributed by atoms with Crippen molar-refractivity contribution in [1.82, 2.24) is 15.1 Å². The Balaban J connectivity index is 1.12. The standard InChI is InChI=1S/C25H29FN4O2/c26-21-6-8-22(9-7-21)29-16-14-28(15-17-29)12-3-13-30-23(31)25(27-24(30)32)11-10-19-4-1-2-5-20(19)18-25/h1-2,4-9H,3,10-18H2,(H,27,32). The van der Waals surface area contributed by atoms with Crippen LogP contribution in [0.5, 0.6) is 0 Å². The number of carbonyl (C=O) groups is 2. The van der Waals surface area contributed by atoms with Crippen LogP contribution in [0.15, 0.2) is 48.5 Å². The number of imide groups is 1. The van der Waals surface area contributed by atoms with Gasteiger partial charge in [0.25, 0.3) is 5.91 Å². The molecule has 7 heteroatoms. The summed E-state index contributed by atoms with van der Waals surface area (Å²) < 4.78 is 13.1. The molecule has 1 unspecified atom stereocenters. The van der Waals surface area contributed by atoms with Gasteiger partial charge in [-0.3, -0.25) is 14.6 Å². The Morgan fingerprint density at radius 3 is 2.38 bits per heavy atom. The van der Waals surface area contributed by atoms with Crippen molar-refractivity contribution in [2.45, 2.75) is 31.2 Å². The van der Waals surface area contributed by atoms with Crippen molar-refractivity contribution in [3.63, 3.8) is 0 Å². The number of halogens is 1. The summed E-state index contributed by atoms with van der Waals surface area (Å²) in [5.41, 5.74) is 2.71. The molecule has 2 saturated heterocycles. The Bertz CT molecular complexity index is 1000. The molecule has 2 aromatic carbocycles. The van der Waals surface area contributed by atoms with Crippen LogP contribution in [0, 0.1) is 5.82 Å². The third-order valence-corrected chi connectivity index (χ3v) is 7.10. The van der Waals surface area contributed by atoms with Crippen molar-refractivity contribution >= 4 is 17.6 Å². The van der Waals surface area contributed by atoms with Crippen molar-refractivity contribution in [3.8, 4) is 0 Å². The Morgan fingerprint density at radius 2 is 1.62 bits per heavy atom. The molecule has 1 N–H and O–H groups in total. The molecule has 2 aromatic rings. The highest BCUT2D eigenvalue weighted by Gasteiger charge is 2.51. The maximum absolute atomic E-state index is 13.2. The Labute approximate surface area is 188 Å². The van der Waals surface area contributed by atoms with Gasteiger partial charge in [-0.05, 0) is 61.2 Å². The number of hydrogen-bond acceptors (Lipinski definition) is 4. The second-order valence-corrected chi connectivity index (χ2v) is 9.07. The zero-order valence-corrected chi connectivity index (χ0v) is 18.2. The number of carbonyl (C=O) groups excluding carboxylic acids is 2. The van der Waals surface area contributed by atoms with Crippen LogP contribution >= 0.6 is 0 Å². The summed E-state index contributed by atoms with van der Waals surface area (Å²) in [6, 6.07) is 14.6. The number of benzene rings is 2. The van der Waals surface area contributed by atoms with E-state index in [2.05, 4.69) is 27.2 Å². The number of amides is 3. The van der Waals surface area contributed by atoms with E-state index < -0.39 is 5.54 Å². The molecule has 0 saturated carbocycles. The summed E-state index contributed by atoms with van der Waals surface area (Å²) in [5.74, 6) is -0.287. The molecule has 6 nitrogen and oxygen atoms in total.